The molecule has 0 fully saturated rings. The molecule has 0 atom stereocenters. The highest BCUT2D eigenvalue weighted by Crippen LogP contribution is 2.23. The van der Waals surface area contributed by atoms with Crippen LogP contribution in [0.2, 0.25) is 0 Å². The summed E-state index contributed by atoms with van der Waals surface area (Å²) in [6, 6.07) is 5.09. The zero-order valence-electron chi connectivity index (χ0n) is 7.99. The molecule has 0 unspecified atom stereocenters. The highest BCUT2D eigenvalue weighted by molar-refractivity contribution is 6.31. The molecular weight excluding hydrogens is 218 g/mol. The van der Waals surface area contributed by atoms with Gasteiger partial charge in [-0.25, -0.2) is 0 Å². The lowest BCUT2D eigenvalue weighted by atomic mass is 10.1. The molecule has 0 aliphatic carbocycles. The fourth-order valence-electron chi connectivity index (χ4n) is 1.31. The topological polar surface area (TPSA) is 52.3 Å². The van der Waals surface area contributed by atoms with Gasteiger partial charge in [-0.2, -0.15) is 4.98 Å². The molecule has 0 spiro atoms. The number of ketones is 1. The van der Waals surface area contributed by atoms with Crippen molar-refractivity contribution in [3.05, 3.63) is 23.8 Å². The summed E-state index contributed by atoms with van der Waals surface area (Å²) in [7, 11) is 1.45. The van der Waals surface area contributed by atoms with E-state index in [-0.39, 0.29) is 17.7 Å². The lowest BCUT2D eigenvalue weighted by molar-refractivity contribution is 0.102. The molecule has 0 N–H and O–H groups in total. The summed E-state index contributed by atoms with van der Waals surface area (Å²) >= 11 is 5.49. The zero-order valence-corrected chi connectivity index (χ0v) is 8.75. The van der Waals surface area contributed by atoms with Crippen molar-refractivity contribution in [3.63, 3.8) is 0 Å². The first-order valence-electron chi connectivity index (χ1n) is 4.29. The van der Waals surface area contributed by atoms with Crippen molar-refractivity contribution in [2.24, 2.45) is 0 Å². The van der Waals surface area contributed by atoms with Crippen molar-refractivity contribution in [2.45, 2.75) is 0 Å². The summed E-state index contributed by atoms with van der Waals surface area (Å²) in [5, 5.41) is 0. The van der Waals surface area contributed by atoms with Gasteiger partial charge in [-0.05, 0) is 12.1 Å². The minimum atomic E-state index is -0.182. The van der Waals surface area contributed by atoms with Crippen LogP contribution < -0.4 is 4.74 Å². The van der Waals surface area contributed by atoms with Gasteiger partial charge < -0.3 is 9.15 Å². The average Bonchev–Trinajstić information content (AvgIpc) is 2.70. The highest BCUT2D eigenvalue weighted by atomic mass is 35.5. The van der Waals surface area contributed by atoms with E-state index in [1.165, 1.54) is 7.11 Å². The Labute approximate surface area is 90.8 Å². The largest absolute Gasteiger partial charge is 0.453 e. The van der Waals surface area contributed by atoms with Crippen LogP contribution in [0.15, 0.2) is 22.6 Å². The van der Waals surface area contributed by atoms with Crippen LogP contribution >= 0.6 is 11.6 Å². The van der Waals surface area contributed by atoms with Crippen LogP contribution in [0.3, 0.4) is 0 Å². The number of fused-ring (bicyclic) bond motifs is 1. The second-order valence-electron chi connectivity index (χ2n) is 2.89. The van der Waals surface area contributed by atoms with E-state index in [4.69, 9.17) is 20.8 Å². The Kier molecular flexibility index (Phi) is 2.60. The lowest BCUT2D eigenvalue weighted by Gasteiger charge is -1.95. The van der Waals surface area contributed by atoms with E-state index in [1.54, 1.807) is 18.2 Å². The quantitative estimate of drug-likeness (QED) is 0.594. The van der Waals surface area contributed by atoms with Crippen LogP contribution in [-0.2, 0) is 0 Å². The molecule has 1 heterocycles. The van der Waals surface area contributed by atoms with E-state index in [9.17, 15) is 4.79 Å². The standard InChI is InChI=1S/C10H8ClNO3/c1-14-10-12-9-6(7(13)5-11)3-2-4-8(9)15-10/h2-4H,5H2,1H3. The van der Waals surface area contributed by atoms with E-state index in [2.05, 4.69) is 4.98 Å². The number of halogens is 1. The third-order valence-electron chi connectivity index (χ3n) is 2.00. The van der Waals surface area contributed by atoms with Gasteiger partial charge in [-0.3, -0.25) is 4.79 Å². The highest BCUT2D eigenvalue weighted by Gasteiger charge is 2.14. The number of oxazole rings is 1. The molecule has 0 radical (unpaired) electrons. The van der Waals surface area contributed by atoms with E-state index in [0.29, 0.717) is 16.7 Å². The molecule has 5 heteroatoms. The molecule has 2 rings (SSSR count). The number of Topliss-reactive ketones (excluding diaryl/α,β-unsaturated/α-hetero) is 1. The molecular formula is C10H8ClNO3. The van der Waals surface area contributed by atoms with Crippen LogP contribution in [0.1, 0.15) is 10.4 Å². The number of ether oxygens (including phenoxy) is 1. The molecule has 0 saturated heterocycles. The first-order valence-corrected chi connectivity index (χ1v) is 4.82. The van der Waals surface area contributed by atoms with Gasteiger partial charge >= 0.3 is 6.08 Å². The Morgan fingerprint density at radius 3 is 3.07 bits per heavy atom. The van der Waals surface area contributed by atoms with Gasteiger partial charge in [-0.15, -0.1) is 11.6 Å². The fourth-order valence-corrected chi connectivity index (χ4v) is 1.46. The Morgan fingerprint density at radius 1 is 1.60 bits per heavy atom. The Hall–Kier alpha value is -1.55. The molecule has 78 valence electrons. The van der Waals surface area contributed by atoms with Crippen molar-refractivity contribution < 1.29 is 13.9 Å². The smallest absolute Gasteiger partial charge is 0.394 e. The van der Waals surface area contributed by atoms with Crippen molar-refractivity contribution in [3.8, 4) is 6.08 Å². The number of alkyl halides is 1. The predicted molar refractivity (Wildman–Crippen MR) is 55.6 cm³/mol. The maximum absolute atomic E-state index is 11.5. The number of nitrogens with zero attached hydrogens (tertiary/aromatic N) is 1. The summed E-state index contributed by atoms with van der Waals surface area (Å²) in [5.74, 6) is -0.257. The number of rotatable bonds is 3. The summed E-state index contributed by atoms with van der Waals surface area (Å²) < 4.78 is 10.1. The normalized spacial score (nSPS) is 10.5. The molecule has 1 aromatic heterocycles. The van der Waals surface area contributed by atoms with Gasteiger partial charge in [0.25, 0.3) is 0 Å². The van der Waals surface area contributed by atoms with Crippen LogP contribution in [0.25, 0.3) is 11.1 Å². The Balaban J connectivity index is 2.64. The van der Waals surface area contributed by atoms with Crippen molar-refractivity contribution in [1.29, 1.82) is 0 Å². The minimum Gasteiger partial charge on any atom is -0.453 e. The molecule has 0 saturated carbocycles. The third-order valence-corrected chi connectivity index (χ3v) is 2.24. The minimum absolute atomic E-state index is 0.0751. The third kappa shape index (κ3) is 1.68. The second kappa shape index (κ2) is 3.90. The number of carbonyl (C=O) groups is 1. The van der Waals surface area contributed by atoms with Gasteiger partial charge in [0.05, 0.1) is 13.0 Å². The number of hydrogen-bond donors (Lipinski definition) is 0. The van der Waals surface area contributed by atoms with Crippen molar-refractivity contribution in [1.82, 2.24) is 4.98 Å². The molecule has 4 nitrogen and oxygen atoms in total. The average molecular weight is 226 g/mol. The summed E-state index contributed by atoms with van der Waals surface area (Å²) in [5.41, 5.74) is 1.46. The van der Waals surface area contributed by atoms with Gasteiger partial charge in [0.2, 0.25) is 0 Å². The monoisotopic (exact) mass is 225 g/mol. The lowest BCUT2D eigenvalue weighted by Crippen LogP contribution is -2.00. The number of para-hydroxylation sites is 1. The van der Waals surface area contributed by atoms with E-state index < -0.39 is 0 Å². The molecule has 2 aromatic rings. The summed E-state index contributed by atoms with van der Waals surface area (Å²) in [4.78, 5) is 15.5. The maximum Gasteiger partial charge on any atom is 0.394 e. The summed E-state index contributed by atoms with van der Waals surface area (Å²) in [6.07, 6.45) is 0.139. The van der Waals surface area contributed by atoms with Crippen LogP contribution in [0.4, 0.5) is 0 Å². The van der Waals surface area contributed by atoms with E-state index in [1.807, 2.05) is 0 Å². The predicted octanol–water partition coefficient (Wildman–Crippen LogP) is 2.26. The summed E-state index contributed by atoms with van der Waals surface area (Å²) in [6.45, 7) is 0. The second-order valence-corrected chi connectivity index (χ2v) is 3.16. The van der Waals surface area contributed by atoms with Gasteiger partial charge in [0.15, 0.2) is 11.4 Å². The number of aromatic nitrogens is 1. The van der Waals surface area contributed by atoms with E-state index >= 15 is 0 Å². The number of hydrogen-bond acceptors (Lipinski definition) is 4. The van der Waals surface area contributed by atoms with E-state index in [0.717, 1.165) is 0 Å². The Morgan fingerprint density at radius 2 is 2.40 bits per heavy atom. The number of benzene rings is 1. The first kappa shape index (κ1) is 9.98. The number of carbonyl (C=O) groups excluding carboxylic acids is 1. The van der Waals surface area contributed by atoms with Gasteiger partial charge in [-0.1, -0.05) is 6.07 Å². The van der Waals surface area contributed by atoms with Crippen LogP contribution in [0, 0.1) is 0 Å². The molecule has 0 aliphatic heterocycles. The van der Waals surface area contributed by atoms with Gasteiger partial charge in [0.1, 0.15) is 5.52 Å². The fraction of sp³-hybridized carbons (Fsp3) is 0.200. The van der Waals surface area contributed by atoms with Crippen molar-refractivity contribution in [2.75, 3.05) is 13.0 Å². The molecule has 15 heavy (non-hydrogen) atoms. The first-order chi connectivity index (χ1) is 7.26. The molecule has 1 aromatic carbocycles. The van der Waals surface area contributed by atoms with Crippen LogP contribution in [-0.4, -0.2) is 23.8 Å². The molecule has 0 amide bonds. The molecule has 0 aliphatic rings. The number of methoxy groups -OCH3 is 1. The van der Waals surface area contributed by atoms with Crippen LogP contribution in [0.5, 0.6) is 6.08 Å². The maximum atomic E-state index is 11.5. The van der Waals surface area contributed by atoms with Crippen molar-refractivity contribution >= 4 is 28.5 Å². The van der Waals surface area contributed by atoms with Gasteiger partial charge in [0, 0.05) is 5.56 Å². The SMILES string of the molecule is COc1nc2c(C(=O)CCl)cccc2o1. The Bertz CT molecular complexity index is 506. The zero-order chi connectivity index (χ0) is 10.8. The molecule has 0 bridgehead atoms.